The molecule has 0 atom stereocenters. The first-order valence-electron chi connectivity index (χ1n) is 15.0. The summed E-state index contributed by atoms with van der Waals surface area (Å²) in [6.45, 7) is 5.58. The molecule has 1 amide bonds. The molecule has 0 radical (unpaired) electrons. The number of alkyl carbamates (subject to hydrolysis) is 1. The molecule has 0 aliphatic heterocycles. The lowest BCUT2D eigenvalue weighted by molar-refractivity contribution is 0.0377. The van der Waals surface area contributed by atoms with Crippen LogP contribution >= 0.6 is 0 Å². The highest BCUT2D eigenvalue weighted by atomic mass is 32.2. The maximum atomic E-state index is 12.7. The summed E-state index contributed by atoms with van der Waals surface area (Å²) in [6, 6.07) is 27.1. The monoisotopic (exact) mass is 623 g/mol. The number of hydrogen-bond donors (Lipinski definition) is 1. The number of imidazole rings is 1. The Labute approximate surface area is 263 Å². The van der Waals surface area contributed by atoms with Crippen LogP contribution in [0.1, 0.15) is 45.6 Å². The first kappa shape index (κ1) is 30.5. The van der Waals surface area contributed by atoms with Crippen LogP contribution in [-0.2, 0) is 20.3 Å². The summed E-state index contributed by atoms with van der Waals surface area (Å²) in [7, 11) is -0.519. The van der Waals surface area contributed by atoms with Crippen molar-refractivity contribution in [3.05, 3.63) is 96.7 Å². The van der Waals surface area contributed by atoms with E-state index in [0.717, 1.165) is 58.5 Å². The minimum Gasteiger partial charge on any atom is -0.444 e. The van der Waals surface area contributed by atoms with Gasteiger partial charge in [0.2, 0.25) is 10.0 Å². The Kier molecular flexibility index (Phi) is 7.74. The highest BCUT2D eigenvalue weighted by Crippen LogP contribution is 2.42. The second kappa shape index (κ2) is 11.4. The lowest BCUT2D eigenvalue weighted by Gasteiger charge is -2.43. The number of rotatable bonds is 7. The molecule has 1 N–H and O–H groups in total. The van der Waals surface area contributed by atoms with Crippen LogP contribution in [0.3, 0.4) is 0 Å². The number of hydrogen-bond acceptors (Lipinski definition) is 6. The van der Waals surface area contributed by atoms with Gasteiger partial charge in [-0.15, -0.1) is 0 Å². The van der Waals surface area contributed by atoms with Gasteiger partial charge in [-0.25, -0.2) is 27.0 Å². The average molecular weight is 624 g/mol. The number of carbonyl (C=O) groups excluding carboxylic acids is 1. The van der Waals surface area contributed by atoms with E-state index < -0.39 is 27.3 Å². The van der Waals surface area contributed by atoms with E-state index in [1.165, 1.54) is 18.4 Å². The summed E-state index contributed by atoms with van der Waals surface area (Å²) in [4.78, 5) is 17.6. The zero-order chi connectivity index (χ0) is 32.0. The number of ether oxygens (including phenoxy) is 1. The van der Waals surface area contributed by atoms with Crippen LogP contribution in [0.25, 0.3) is 39.3 Å². The van der Waals surface area contributed by atoms with Gasteiger partial charge in [-0.05, 0) is 69.4 Å². The molecule has 1 saturated carbocycles. The van der Waals surface area contributed by atoms with Crippen LogP contribution < -0.4 is 5.32 Å². The molecular formula is C35H37N5O4S. The van der Waals surface area contributed by atoms with Crippen LogP contribution in [0.4, 0.5) is 4.79 Å². The fourth-order valence-electron chi connectivity index (χ4n) is 5.63. The van der Waals surface area contributed by atoms with E-state index in [2.05, 4.69) is 22.4 Å². The predicted molar refractivity (Wildman–Crippen MR) is 175 cm³/mol. The van der Waals surface area contributed by atoms with E-state index in [9.17, 15) is 13.2 Å². The van der Waals surface area contributed by atoms with Crippen molar-refractivity contribution in [1.82, 2.24) is 24.2 Å². The van der Waals surface area contributed by atoms with Crippen molar-refractivity contribution in [2.45, 2.75) is 56.1 Å². The fourth-order valence-corrected chi connectivity index (χ4v) is 6.54. The lowest BCUT2D eigenvalue weighted by atomic mass is 9.71. The van der Waals surface area contributed by atoms with E-state index >= 15 is 0 Å². The Morgan fingerprint density at radius 2 is 1.56 bits per heavy atom. The van der Waals surface area contributed by atoms with Gasteiger partial charge in [0.25, 0.3) is 0 Å². The van der Waals surface area contributed by atoms with Crippen molar-refractivity contribution in [2.24, 2.45) is 0 Å². The van der Waals surface area contributed by atoms with Crippen LogP contribution in [0.15, 0.2) is 96.0 Å². The van der Waals surface area contributed by atoms with Gasteiger partial charge >= 0.3 is 6.09 Å². The molecule has 0 unspecified atom stereocenters. The Balaban J connectivity index is 1.40. The highest BCUT2D eigenvalue weighted by molar-refractivity contribution is 7.89. The van der Waals surface area contributed by atoms with E-state index in [-0.39, 0.29) is 4.90 Å². The number of fused-ring (bicyclic) bond motifs is 1. The van der Waals surface area contributed by atoms with E-state index in [1.807, 2.05) is 69.3 Å². The lowest BCUT2D eigenvalue weighted by Crippen LogP contribution is -2.52. The highest BCUT2D eigenvalue weighted by Gasteiger charge is 2.41. The molecule has 232 valence electrons. The summed E-state index contributed by atoms with van der Waals surface area (Å²) in [6.07, 6.45) is 4.06. The Morgan fingerprint density at radius 1 is 0.911 bits per heavy atom. The van der Waals surface area contributed by atoms with Crippen LogP contribution in [0.2, 0.25) is 0 Å². The van der Waals surface area contributed by atoms with Crippen LogP contribution in [0, 0.1) is 0 Å². The first-order valence-corrected chi connectivity index (χ1v) is 16.4. The van der Waals surface area contributed by atoms with Crippen LogP contribution in [-0.4, -0.2) is 53.1 Å². The van der Waals surface area contributed by atoms with Crippen molar-refractivity contribution >= 4 is 21.8 Å². The number of benzene rings is 3. The summed E-state index contributed by atoms with van der Waals surface area (Å²) in [5.74, 6) is 0. The number of nitrogens with zero attached hydrogens (tertiary/aromatic N) is 4. The average Bonchev–Trinajstić information content (AvgIpc) is 3.41. The van der Waals surface area contributed by atoms with Crippen molar-refractivity contribution < 1.29 is 17.9 Å². The molecule has 0 spiro atoms. The predicted octanol–water partition coefficient (Wildman–Crippen LogP) is 6.88. The zero-order valence-electron chi connectivity index (χ0n) is 26.1. The molecule has 1 fully saturated rings. The molecular weight excluding hydrogens is 586 g/mol. The second-order valence-electron chi connectivity index (χ2n) is 12.6. The SMILES string of the molecule is CN(C)S(=O)(=O)c1ccc(-c2cnc3cc(-c4ccccc4)c(-c4ccc(C5(NC(=O)OC(C)(C)C)CCC5)cc4)nn23)cc1. The molecule has 3 aromatic carbocycles. The number of nitrogens with one attached hydrogen (secondary N) is 1. The van der Waals surface area contributed by atoms with Crippen LogP contribution in [0.5, 0.6) is 0 Å². The van der Waals surface area contributed by atoms with Gasteiger partial charge in [0, 0.05) is 30.8 Å². The van der Waals surface area contributed by atoms with Gasteiger partial charge < -0.3 is 10.1 Å². The van der Waals surface area contributed by atoms with Crippen molar-refractivity contribution in [1.29, 1.82) is 0 Å². The quantitative estimate of drug-likeness (QED) is 0.212. The van der Waals surface area contributed by atoms with Gasteiger partial charge in [0.05, 0.1) is 28.0 Å². The largest absolute Gasteiger partial charge is 0.444 e. The van der Waals surface area contributed by atoms with Gasteiger partial charge in [0.1, 0.15) is 5.60 Å². The molecule has 2 heterocycles. The summed E-state index contributed by atoms with van der Waals surface area (Å²) in [5.41, 5.74) is 5.84. The molecule has 5 aromatic rings. The van der Waals surface area contributed by atoms with E-state index in [1.54, 1.807) is 35.0 Å². The van der Waals surface area contributed by atoms with Gasteiger partial charge in [-0.3, -0.25) is 0 Å². The Morgan fingerprint density at radius 3 is 2.13 bits per heavy atom. The minimum atomic E-state index is -3.55. The fraction of sp³-hybridized carbons (Fsp3) is 0.286. The molecule has 1 aliphatic rings. The zero-order valence-corrected chi connectivity index (χ0v) is 26.9. The molecule has 9 nitrogen and oxygen atoms in total. The smallest absolute Gasteiger partial charge is 0.408 e. The molecule has 1 aliphatic carbocycles. The number of carbonyl (C=O) groups is 1. The topological polar surface area (TPSA) is 106 Å². The van der Waals surface area contributed by atoms with E-state index in [4.69, 9.17) is 9.84 Å². The minimum absolute atomic E-state index is 0.218. The third kappa shape index (κ3) is 5.95. The van der Waals surface area contributed by atoms with Gasteiger partial charge in [-0.1, -0.05) is 66.7 Å². The Bertz CT molecular complexity index is 1960. The molecule has 45 heavy (non-hydrogen) atoms. The normalized spacial score (nSPS) is 14.7. The maximum Gasteiger partial charge on any atom is 0.408 e. The van der Waals surface area contributed by atoms with E-state index in [0.29, 0.717) is 5.65 Å². The van der Waals surface area contributed by atoms with Gasteiger partial charge in [0.15, 0.2) is 5.65 Å². The molecule has 0 bridgehead atoms. The number of amides is 1. The van der Waals surface area contributed by atoms with Crippen molar-refractivity contribution in [2.75, 3.05) is 14.1 Å². The first-order chi connectivity index (χ1) is 21.4. The molecule has 10 heteroatoms. The Hall–Kier alpha value is -4.54. The van der Waals surface area contributed by atoms with Crippen molar-refractivity contribution in [3.63, 3.8) is 0 Å². The summed E-state index contributed by atoms with van der Waals surface area (Å²) >= 11 is 0. The second-order valence-corrected chi connectivity index (χ2v) is 14.8. The molecule has 2 aromatic heterocycles. The van der Waals surface area contributed by atoms with Gasteiger partial charge in [-0.2, -0.15) is 5.10 Å². The van der Waals surface area contributed by atoms with Crippen molar-refractivity contribution in [3.8, 4) is 33.6 Å². The third-order valence-corrected chi connectivity index (χ3v) is 9.99. The molecule has 0 saturated heterocycles. The summed E-state index contributed by atoms with van der Waals surface area (Å²) in [5, 5.41) is 8.25. The maximum absolute atomic E-state index is 12.7. The summed E-state index contributed by atoms with van der Waals surface area (Å²) < 4.78 is 33.8. The molecule has 6 rings (SSSR count). The number of aromatic nitrogens is 3. The number of sulfonamides is 1. The third-order valence-electron chi connectivity index (χ3n) is 8.16. The standard InChI is InChI=1S/C35H37N5O4S/c1-34(2,3)44-33(41)37-35(20-9-21-35)27-16-12-26(13-17-27)32-29(24-10-7-6-8-11-24)22-31-36-23-30(40(31)38-32)25-14-18-28(19-15-25)45(42,43)39(4)5/h6-8,10-19,22-23H,9,20-21H2,1-5H3,(H,37,41).